The lowest BCUT2D eigenvalue weighted by Gasteiger charge is -2.09. The Hall–Kier alpha value is -1.49. The molecule has 1 aromatic carbocycles. The van der Waals surface area contributed by atoms with Crippen LogP contribution in [-0.4, -0.2) is 16.1 Å². The maximum Gasteiger partial charge on any atom is 0.339 e. The van der Waals surface area contributed by atoms with Crippen LogP contribution in [0.2, 0.25) is 15.2 Å². The highest BCUT2D eigenvalue weighted by Crippen LogP contribution is 2.26. The number of benzene rings is 1. The van der Waals surface area contributed by atoms with E-state index in [0.29, 0.717) is 15.7 Å². The number of nitrogens with one attached hydrogen (secondary N) is 1. The van der Waals surface area contributed by atoms with E-state index in [-0.39, 0.29) is 16.5 Å². The van der Waals surface area contributed by atoms with E-state index in [0.717, 1.165) is 0 Å². The van der Waals surface area contributed by atoms with Gasteiger partial charge in [0.15, 0.2) is 0 Å². The zero-order chi connectivity index (χ0) is 14.0. The third-order valence-electron chi connectivity index (χ3n) is 2.22. The van der Waals surface area contributed by atoms with Crippen molar-refractivity contribution in [3.63, 3.8) is 0 Å². The van der Waals surface area contributed by atoms with Crippen LogP contribution < -0.4 is 5.32 Å². The topological polar surface area (TPSA) is 62.2 Å². The van der Waals surface area contributed by atoms with Crippen molar-refractivity contribution >= 4 is 52.3 Å². The SMILES string of the molecule is O=C(O)c1ccc(Cl)nc1Nc1cc(Cl)cc(Cl)c1. The number of hydrogen-bond donors (Lipinski definition) is 2. The Morgan fingerprint density at radius 1 is 1.11 bits per heavy atom. The maximum absolute atomic E-state index is 11.1. The van der Waals surface area contributed by atoms with Crippen LogP contribution >= 0.6 is 34.8 Å². The average molecular weight is 318 g/mol. The first-order valence-corrected chi connectivity index (χ1v) is 6.22. The molecule has 1 heterocycles. The molecule has 4 nitrogen and oxygen atoms in total. The zero-order valence-electron chi connectivity index (χ0n) is 9.32. The van der Waals surface area contributed by atoms with Gasteiger partial charge in [-0.05, 0) is 30.3 Å². The lowest BCUT2D eigenvalue weighted by Crippen LogP contribution is -2.05. The summed E-state index contributed by atoms with van der Waals surface area (Å²) in [6, 6.07) is 7.54. The summed E-state index contributed by atoms with van der Waals surface area (Å²) in [6.45, 7) is 0. The minimum Gasteiger partial charge on any atom is -0.478 e. The normalized spacial score (nSPS) is 10.3. The van der Waals surface area contributed by atoms with E-state index < -0.39 is 5.97 Å². The van der Waals surface area contributed by atoms with Gasteiger partial charge in [-0.1, -0.05) is 34.8 Å². The molecule has 0 aliphatic carbocycles. The number of carboxylic acids is 1. The van der Waals surface area contributed by atoms with Gasteiger partial charge in [0.05, 0.1) is 0 Å². The molecule has 1 aromatic heterocycles. The molecule has 0 amide bonds. The number of nitrogens with zero attached hydrogens (tertiary/aromatic N) is 1. The van der Waals surface area contributed by atoms with E-state index in [1.54, 1.807) is 18.2 Å². The van der Waals surface area contributed by atoms with Crippen LogP contribution in [-0.2, 0) is 0 Å². The lowest BCUT2D eigenvalue weighted by atomic mass is 10.2. The fourth-order valence-corrected chi connectivity index (χ4v) is 2.14. The summed E-state index contributed by atoms with van der Waals surface area (Å²) in [7, 11) is 0. The summed E-state index contributed by atoms with van der Waals surface area (Å²) >= 11 is 17.5. The second kappa shape index (κ2) is 5.65. The molecule has 19 heavy (non-hydrogen) atoms. The number of halogens is 3. The third-order valence-corrected chi connectivity index (χ3v) is 2.86. The monoisotopic (exact) mass is 316 g/mol. The number of anilines is 2. The van der Waals surface area contributed by atoms with Crippen molar-refractivity contribution in [2.24, 2.45) is 0 Å². The van der Waals surface area contributed by atoms with Crippen molar-refractivity contribution < 1.29 is 9.90 Å². The van der Waals surface area contributed by atoms with Crippen molar-refractivity contribution in [3.05, 3.63) is 51.1 Å². The molecule has 0 bridgehead atoms. The molecule has 0 atom stereocenters. The highest BCUT2D eigenvalue weighted by atomic mass is 35.5. The number of rotatable bonds is 3. The van der Waals surface area contributed by atoms with Crippen molar-refractivity contribution in [3.8, 4) is 0 Å². The number of hydrogen-bond acceptors (Lipinski definition) is 3. The minimum absolute atomic E-state index is 0.000461. The number of aromatic nitrogens is 1. The highest BCUT2D eigenvalue weighted by molar-refractivity contribution is 6.35. The second-order valence-electron chi connectivity index (χ2n) is 3.62. The molecular formula is C12H7Cl3N2O2. The fourth-order valence-electron chi connectivity index (χ4n) is 1.47. The Morgan fingerprint density at radius 2 is 1.74 bits per heavy atom. The molecule has 0 radical (unpaired) electrons. The highest BCUT2D eigenvalue weighted by Gasteiger charge is 2.12. The van der Waals surface area contributed by atoms with Gasteiger partial charge in [0.1, 0.15) is 16.5 Å². The third kappa shape index (κ3) is 3.50. The van der Waals surface area contributed by atoms with Crippen LogP contribution in [0.3, 0.4) is 0 Å². The number of aromatic carboxylic acids is 1. The number of carboxylic acid groups (broad SMARTS) is 1. The molecular weight excluding hydrogens is 311 g/mol. The van der Waals surface area contributed by atoms with E-state index in [9.17, 15) is 4.79 Å². The van der Waals surface area contributed by atoms with Crippen LogP contribution in [0.5, 0.6) is 0 Å². The van der Waals surface area contributed by atoms with Crippen LogP contribution in [0.1, 0.15) is 10.4 Å². The van der Waals surface area contributed by atoms with Crippen molar-refractivity contribution in [2.75, 3.05) is 5.32 Å². The van der Waals surface area contributed by atoms with Gasteiger partial charge in [-0.2, -0.15) is 0 Å². The van der Waals surface area contributed by atoms with Gasteiger partial charge >= 0.3 is 5.97 Å². The second-order valence-corrected chi connectivity index (χ2v) is 4.88. The molecule has 0 fully saturated rings. The van der Waals surface area contributed by atoms with Crippen molar-refractivity contribution in [1.82, 2.24) is 4.98 Å². The van der Waals surface area contributed by atoms with Gasteiger partial charge < -0.3 is 10.4 Å². The summed E-state index contributed by atoms with van der Waals surface area (Å²) in [5, 5.41) is 12.9. The molecule has 98 valence electrons. The Morgan fingerprint density at radius 3 is 2.32 bits per heavy atom. The maximum atomic E-state index is 11.1. The number of carbonyl (C=O) groups is 1. The van der Waals surface area contributed by atoms with Gasteiger partial charge in [-0.15, -0.1) is 0 Å². The van der Waals surface area contributed by atoms with Gasteiger partial charge in [-0.3, -0.25) is 0 Å². The smallest absolute Gasteiger partial charge is 0.339 e. The molecule has 7 heteroatoms. The molecule has 0 spiro atoms. The average Bonchev–Trinajstić information content (AvgIpc) is 2.26. The molecule has 0 aliphatic rings. The largest absolute Gasteiger partial charge is 0.478 e. The Bertz CT molecular complexity index is 627. The molecule has 0 aliphatic heterocycles. The van der Waals surface area contributed by atoms with E-state index in [2.05, 4.69) is 10.3 Å². The molecule has 2 N–H and O–H groups in total. The Balaban J connectivity index is 2.42. The predicted octanol–water partition coefficient (Wildman–Crippen LogP) is 4.48. The standard InChI is InChI=1S/C12H7Cl3N2O2/c13-6-3-7(14)5-8(4-6)16-11-9(12(18)19)1-2-10(15)17-11/h1-5H,(H,16,17)(H,18,19). The molecule has 0 unspecified atom stereocenters. The summed E-state index contributed by atoms with van der Waals surface area (Å²) in [4.78, 5) is 15.0. The van der Waals surface area contributed by atoms with Gasteiger partial charge in [-0.25, -0.2) is 9.78 Å². The minimum atomic E-state index is -1.11. The summed E-state index contributed by atoms with van der Waals surface area (Å²) in [5.74, 6) is -0.988. The zero-order valence-corrected chi connectivity index (χ0v) is 11.6. The van der Waals surface area contributed by atoms with Crippen LogP contribution in [0.4, 0.5) is 11.5 Å². The van der Waals surface area contributed by atoms with Gasteiger partial charge in [0, 0.05) is 15.7 Å². The van der Waals surface area contributed by atoms with E-state index >= 15 is 0 Å². The van der Waals surface area contributed by atoms with Crippen molar-refractivity contribution in [2.45, 2.75) is 0 Å². The van der Waals surface area contributed by atoms with Crippen LogP contribution in [0, 0.1) is 0 Å². The molecule has 2 aromatic rings. The van der Waals surface area contributed by atoms with E-state index in [4.69, 9.17) is 39.9 Å². The first-order valence-electron chi connectivity index (χ1n) is 5.08. The lowest BCUT2D eigenvalue weighted by molar-refractivity contribution is 0.0697. The summed E-state index contributed by atoms with van der Waals surface area (Å²) < 4.78 is 0. The first kappa shape index (κ1) is 13.9. The van der Waals surface area contributed by atoms with Crippen LogP contribution in [0.15, 0.2) is 30.3 Å². The summed E-state index contributed by atoms with van der Waals surface area (Å²) in [6.07, 6.45) is 0. The Labute approximate surface area is 123 Å². The van der Waals surface area contributed by atoms with Crippen LogP contribution in [0.25, 0.3) is 0 Å². The molecule has 2 rings (SSSR count). The summed E-state index contributed by atoms with van der Waals surface area (Å²) in [5.41, 5.74) is 0.523. The van der Waals surface area contributed by atoms with Crippen molar-refractivity contribution in [1.29, 1.82) is 0 Å². The molecule has 0 saturated carbocycles. The van der Waals surface area contributed by atoms with Gasteiger partial charge in [0.25, 0.3) is 0 Å². The first-order chi connectivity index (χ1) is 8.95. The quantitative estimate of drug-likeness (QED) is 0.819. The Kier molecular flexibility index (Phi) is 4.14. The van der Waals surface area contributed by atoms with E-state index in [1.165, 1.54) is 12.1 Å². The molecule has 0 saturated heterocycles. The van der Waals surface area contributed by atoms with Gasteiger partial charge in [0.2, 0.25) is 0 Å². The number of pyridine rings is 1. The fraction of sp³-hybridized carbons (Fsp3) is 0. The van der Waals surface area contributed by atoms with E-state index in [1.807, 2.05) is 0 Å². The predicted molar refractivity (Wildman–Crippen MR) is 76.0 cm³/mol.